The van der Waals surface area contributed by atoms with Gasteiger partial charge >= 0.3 is 0 Å². The van der Waals surface area contributed by atoms with E-state index in [-0.39, 0.29) is 29.5 Å². The fraction of sp³-hybridized carbons (Fsp3) is 0.500. The van der Waals surface area contributed by atoms with E-state index in [1.54, 1.807) is 13.2 Å². The number of ether oxygens (including phenoxy) is 2. The molecule has 1 N–H and O–H groups in total. The zero-order chi connectivity index (χ0) is 15.4. The minimum atomic E-state index is -0.517. The maximum Gasteiger partial charge on any atom is 0.270 e. The summed E-state index contributed by atoms with van der Waals surface area (Å²) < 4.78 is 10.9. The van der Waals surface area contributed by atoms with Gasteiger partial charge in [0.1, 0.15) is 12.2 Å². The lowest BCUT2D eigenvalue weighted by Gasteiger charge is -2.43. The molecule has 1 fully saturated rings. The maximum atomic E-state index is 10.7. The Labute approximate surface area is 122 Å². The number of anilines is 1. The van der Waals surface area contributed by atoms with Gasteiger partial charge in [-0.05, 0) is 19.4 Å². The maximum absolute atomic E-state index is 10.7. The number of nitrogens with one attached hydrogen (secondary N) is 1. The largest absolute Gasteiger partial charge is 0.378 e. The van der Waals surface area contributed by atoms with E-state index in [9.17, 15) is 10.1 Å². The standard InChI is InChI=1S/C14H17N3O4/c1-3-21-13-7-12(14(13)20-2)16-11-5-4-10(17(18)19)6-9(11)8-15/h4-6,12-14,16H,3,7H2,1-2H3. The quantitative estimate of drug-likeness (QED) is 0.636. The number of hydrogen-bond acceptors (Lipinski definition) is 6. The number of nitro groups is 1. The van der Waals surface area contributed by atoms with Crippen LogP contribution >= 0.6 is 0 Å². The van der Waals surface area contributed by atoms with Gasteiger partial charge in [-0.15, -0.1) is 0 Å². The Hall–Kier alpha value is -2.17. The van der Waals surface area contributed by atoms with Crippen molar-refractivity contribution in [3.8, 4) is 6.07 Å². The minimum absolute atomic E-state index is 0.0279. The number of nitro benzene ring substituents is 1. The molecule has 7 nitrogen and oxygen atoms in total. The normalized spacial score (nSPS) is 24.0. The molecule has 0 aliphatic heterocycles. The van der Waals surface area contributed by atoms with E-state index in [2.05, 4.69) is 5.32 Å². The van der Waals surface area contributed by atoms with Gasteiger partial charge in [-0.25, -0.2) is 0 Å². The number of rotatable bonds is 6. The zero-order valence-corrected chi connectivity index (χ0v) is 11.9. The highest BCUT2D eigenvalue weighted by molar-refractivity contribution is 5.62. The monoisotopic (exact) mass is 291 g/mol. The number of methoxy groups -OCH3 is 1. The summed E-state index contributed by atoms with van der Waals surface area (Å²) in [6, 6.07) is 6.20. The van der Waals surface area contributed by atoms with Crippen molar-refractivity contribution >= 4 is 11.4 Å². The Kier molecular flexibility index (Phi) is 4.73. The molecule has 1 aliphatic carbocycles. The summed E-state index contributed by atoms with van der Waals surface area (Å²) >= 11 is 0. The number of non-ortho nitro benzene ring substituents is 1. The SMILES string of the molecule is CCOC1CC(Nc2ccc([N+](=O)[O-])cc2C#N)C1OC. The van der Waals surface area contributed by atoms with Crippen molar-refractivity contribution in [3.05, 3.63) is 33.9 Å². The third-order valence-corrected chi connectivity index (χ3v) is 3.58. The lowest BCUT2D eigenvalue weighted by molar-refractivity contribution is -0.384. The summed E-state index contributed by atoms with van der Waals surface area (Å²) in [5.74, 6) is 0. The van der Waals surface area contributed by atoms with Gasteiger partial charge in [0.05, 0.1) is 28.3 Å². The molecule has 3 atom stereocenters. The lowest BCUT2D eigenvalue weighted by Crippen LogP contribution is -2.56. The van der Waals surface area contributed by atoms with Gasteiger partial charge in [0, 0.05) is 25.8 Å². The second kappa shape index (κ2) is 6.52. The molecule has 0 saturated heterocycles. The predicted octanol–water partition coefficient (Wildman–Crippen LogP) is 2.07. The van der Waals surface area contributed by atoms with Crippen LogP contribution in [0.15, 0.2) is 18.2 Å². The highest BCUT2D eigenvalue weighted by atomic mass is 16.6. The van der Waals surface area contributed by atoms with E-state index >= 15 is 0 Å². The van der Waals surface area contributed by atoms with Crippen molar-refractivity contribution < 1.29 is 14.4 Å². The van der Waals surface area contributed by atoms with Crippen LogP contribution in [0.5, 0.6) is 0 Å². The molecule has 1 saturated carbocycles. The van der Waals surface area contributed by atoms with Gasteiger partial charge in [-0.3, -0.25) is 10.1 Å². The van der Waals surface area contributed by atoms with Crippen molar-refractivity contribution in [2.75, 3.05) is 19.0 Å². The smallest absolute Gasteiger partial charge is 0.270 e. The van der Waals surface area contributed by atoms with Crippen LogP contribution in [-0.2, 0) is 9.47 Å². The highest BCUT2D eigenvalue weighted by Crippen LogP contribution is 2.31. The Balaban J connectivity index is 2.10. The fourth-order valence-electron chi connectivity index (χ4n) is 2.48. The van der Waals surface area contributed by atoms with Gasteiger partial charge in [0.15, 0.2) is 0 Å². The summed E-state index contributed by atoms with van der Waals surface area (Å²) in [6.07, 6.45) is 0.724. The first kappa shape index (κ1) is 15.2. The Morgan fingerprint density at radius 2 is 2.33 bits per heavy atom. The molecule has 3 unspecified atom stereocenters. The predicted molar refractivity (Wildman–Crippen MR) is 76.1 cm³/mol. The molecule has 21 heavy (non-hydrogen) atoms. The van der Waals surface area contributed by atoms with E-state index in [1.807, 2.05) is 13.0 Å². The second-order valence-corrected chi connectivity index (χ2v) is 4.78. The minimum Gasteiger partial charge on any atom is -0.378 e. The topological polar surface area (TPSA) is 97.4 Å². The zero-order valence-electron chi connectivity index (χ0n) is 11.9. The molecule has 2 rings (SSSR count). The number of hydrogen-bond donors (Lipinski definition) is 1. The van der Waals surface area contributed by atoms with Crippen LogP contribution in [0.3, 0.4) is 0 Å². The Bertz CT molecular complexity index is 570. The van der Waals surface area contributed by atoms with Crippen LogP contribution in [0.2, 0.25) is 0 Å². The first-order chi connectivity index (χ1) is 10.1. The third-order valence-electron chi connectivity index (χ3n) is 3.58. The fourth-order valence-corrected chi connectivity index (χ4v) is 2.48. The molecule has 7 heteroatoms. The van der Waals surface area contributed by atoms with Crippen molar-refractivity contribution in [2.24, 2.45) is 0 Å². The molecule has 112 valence electrons. The van der Waals surface area contributed by atoms with Crippen LogP contribution in [0.4, 0.5) is 11.4 Å². The van der Waals surface area contributed by atoms with Crippen molar-refractivity contribution in [3.63, 3.8) is 0 Å². The van der Waals surface area contributed by atoms with Crippen molar-refractivity contribution in [1.29, 1.82) is 5.26 Å². The molecular weight excluding hydrogens is 274 g/mol. The van der Waals surface area contributed by atoms with Gasteiger partial charge < -0.3 is 14.8 Å². The van der Waals surface area contributed by atoms with E-state index in [0.717, 1.165) is 6.42 Å². The lowest BCUT2D eigenvalue weighted by atomic mass is 9.84. The Morgan fingerprint density at radius 3 is 2.90 bits per heavy atom. The van der Waals surface area contributed by atoms with E-state index in [1.165, 1.54) is 12.1 Å². The van der Waals surface area contributed by atoms with Crippen molar-refractivity contribution in [2.45, 2.75) is 31.6 Å². The van der Waals surface area contributed by atoms with E-state index in [0.29, 0.717) is 12.3 Å². The molecule has 1 aliphatic rings. The first-order valence-electron chi connectivity index (χ1n) is 6.70. The number of benzene rings is 1. The van der Waals surface area contributed by atoms with Gasteiger partial charge in [0.2, 0.25) is 0 Å². The van der Waals surface area contributed by atoms with E-state index < -0.39 is 4.92 Å². The van der Waals surface area contributed by atoms with Gasteiger partial charge in [-0.1, -0.05) is 0 Å². The van der Waals surface area contributed by atoms with Crippen LogP contribution in [0.25, 0.3) is 0 Å². The van der Waals surface area contributed by atoms with E-state index in [4.69, 9.17) is 14.7 Å². The average molecular weight is 291 g/mol. The molecule has 0 amide bonds. The average Bonchev–Trinajstić information content (AvgIpc) is 2.46. The van der Waals surface area contributed by atoms with Gasteiger partial charge in [-0.2, -0.15) is 5.26 Å². The van der Waals surface area contributed by atoms with Crippen LogP contribution in [0.1, 0.15) is 18.9 Å². The molecule has 0 heterocycles. The first-order valence-corrected chi connectivity index (χ1v) is 6.70. The van der Waals surface area contributed by atoms with Crippen LogP contribution < -0.4 is 5.32 Å². The van der Waals surface area contributed by atoms with Crippen molar-refractivity contribution in [1.82, 2.24) is 0 Å². The number of nitrogens with zero attached hydrogens (tertiary/aromatic N) is 2. The molecule has 0 aromatic heterocycles. The summed E-state index contributed by atoms with van der Waals surface area (Å²) in [5, 5.41) is 23.0. The van der Waals surface area contributed by atoms with Crippen LogP contribution in [-0.4, -0.2) is 36.9 Å². The molecule has 1 aromatic carbocycles. The number of nitriles is 1. The Morgan fingerprint density at radius 1 is 1.57 bits per heavy atom. The third kappa shape index (κ3) is 3.12. The van der Waals surface area contributed by atoms with Crippen LogP contribution in [0, 0.1) is 21.4 Å². The molecule has 0 radical (unpaired) electrons. The summed E-state index contributed by atoms with van der Waals surface area (Å²) in [7, 11) is 1.62. The summed E-state index contributed by atoms with van der Waals surface area (Å²) in [5.41, 5.74) is 0.727. The molecule has 0 spiro atoms. The summed E-state index contributed by atoms with van der Waals surface area (Å²) in [4.78, 5) is 10.2. The molecule has 1 aromatic rings. The highest BCUT2D eigenvalue weighted by Gasteiger charge is 2.42. The second-order valence-electron chi connectivity index (χ2n) is 4.78. The summed E-state index contributed by atoms with van der Waals surface area (Å²) in [6.45, 7) is 2.55. The van der Waals surface area contributed by atoms with Gasteiger partial charge in [0.25, 0.3) is 5.69 Å². The molecule has 0 bridgehead atoms. The molecular formula is C14H17N3O4.